The van der Waals surface area contributed by atoms with E-state index in [1.54, 1.807) is 36.5 Å². The standard InChI is InChI=1S/C15H14N2OS2/c1-18-7-8-19-14-12-9-13(11-5-3-2-4-6-11)20-15(12)17-10-16-14/h2-6,9-10H,7-8H2,1H3. The van der Waals surface area contributed by atoms with Crippen molar-refractivity contribution >= 4 is 33.3 Å². The zero-order chi connectivity index (χ0) is 13.8. The van der Waals surface area contributed by atoms with Crippen LogP contribution in [0.15, 0.2) is 47.8 Å². The second kappa shape index (κ2) is 6.35. The lowest BCUT2D eigenvalue weighted by molar-refractivity contribution is 0.218. The highest BCUT2D eigenvalue weighted by atomic mass is 32.2. The molecule has 0 aliphatic rings. The van der Waals surface area contributed by atoms with Gasteiger partial charge < -0.3 is 4.74 Å². The molecule has 20 heavy (non-hydrogen) atoms. The van der Waals surface area contributed by atoms with Gasteiger partial charge in [0.05, 0.1) is 6.61 Å². The van der Waals surface area contributed by atoms with Gasteiger partial charge in [0, 0.05) is 23.1 Å². The molecule has 0 saturated carbocycles. The Bertz CT molecular complexity index is 697. The predicted molar refractivity (Wildman–Crippen MR) is 85.5 cm³/mol. The van der Waals surface area contributed by atoms with E-state index < -0.39 is 0 Å². The molecule has 2 aromatic heterocycles. The number of aromatic nitrogens is 2. The Balaban J connectivity index is 1.96. The van der Waals surface area contributed by atoms with Gasteiger partial charge in [-0.25, -0.2) is 9.97 Å². The van der Waals surface area contributed by atoms with Crippen molar-refractivity contribution in [2.75, 3.05) is 19.5 Å². The molecular formula is C15H14N2OS2. The van der Waals surface area contributed by atoms with E-state index in [0.717, 1.165) is 27.6 Å². The third kappa shape index (κ3) is 2.85. The number of nitrogens with zero attached hydrogens (tertiary/aromatic N) is 2. The molecule has 3 rings (SSSR count). The van der Waals surface area contributed by atoms with Gasteiger partial charge in [0.1, 0.15) is 16.2 Å². The highest BCUT2D eigenvalue weighted by Gasteiger charge is 2.10. The summed E-state index contributed by atoms with van der Waals surface area (Å²) in [5.41, 5.74) is 1.23. The van der Waals surface area contributed by atoms with Crippen LogP contribution in [-0.4, -0.2) is 29.4 Å². The van der Waals surface area contributed by atoms with Gasteiger partial charge in [-0.2, -0.15) is 0 Å². The summed E-state index contributed by atoms with van der Waals surface area (Å²) in [7, 11) is 1.72. The second-order valence-corrected chi connectivity index (χ2v) is 6.33. The molecule has 1 aromatic carbocycles. The molecule has 0 unspecified atom stereocenters. The van der Waals surface area contributed by atoms with E-state index in [9.17, 15) is 0 Å². The predicted octanol–water partition coefficient (Wildman–Crippen LogP) is 4.10. The van der Waals surface area contributed by atoms with Gasteiger partial charge in [0.25, 0.3) is 0 Å². The van der Waals surface area contributed by atoms with E-state index in [-0.39, 0.29) is 0 Å². The van der Waals surface area contributed by atoms with Crippen molar-refractivity contribution in [1.29, 1.82) is 0 Å². The summed E-state index contributed by atoms with van der Waals surface area (Å²) in [5.74, 6) is 0.902. The van der Waals surface area contributed by atoms with Crippen molar-refractivity contribution in [2.45, 2.75) is 5.03 Å². The molecular weight excluding hydrogens is 288 g/mol. The maximum atomic E-state index is 5.09. The Labute approximate surface area is 126 Å². The van der Waals surface area contributed by atoms with Gasteiger partial charge in [-0.3, -0.25) is 0 Å². The Morgan fingerprint density at radius 3 is 2.85 bits per heavy atom. The number of hydrogen-bond donors (Lipinski definition) is 0. The molecule has 3 nitrogen and oxygen atoms in total. The number of benzene rings is 1. The van der Waals surface area contributed by atoms with Crippen molar-refractivity contribution in [2.24, 2.45) is 0 Å². The van der Waals surface area contributed by atoms with Crippen molar-refractivity contribution < 1.29 is 4.74 Å². The maximum Gasteiger partial charge on any atom is 0.128 e. The molecule has 2 heterocycles. The number of methoxy groups -OCH3 is 1. The number of rotatable bonds is 5. The van der Waals surface area contributed by atoms with Crippen molar-refractivity contribution in [3.05, 3.63) is 42.7 Å². The summed E-state index contributed by atoms with van der Waals surface area (Å²) in [4.78, 5) is 11.0. The fourth-order valence-electron chi connectivity index (χ4n) is 1.92. The van der Waals surface area contributed by atoms with Gasteiger partial charge in [-0.05, 0) is 11.6 Å². The average Bonchev–Trinajstić information content (AvgIpc) is 2.93. The maximum absolute atomic E-state index is 5.09. The number of fused-ring (bicyclic) bond motifs is 1. The third-order valence-electron chi connectivity index (χ3n) is 2.88. The van der Waals surface area contributed by atoms with Crippen LogP contribution in [-0.2, 0) is 4.74 Å². The Morgan fingerprint density at radius 2 is 2.05 bits per heavy atom. The molecule has 0 atom stereocenters. The lowest BCUT2D eigenvalue weighted by Crippen LogP contribution is -1.92. The minimum Gasteiger partial charge on any atom is -0.384 e. The Morgan fingerprint density at radius 1 is 1.20 bits per heavy atom. The van der Waals surface area contributed by atoms with Crippen LogP contribution in [0.3, 0.4) is 0 Å². The van der Waals surface area contributed by atoms with Crippen molar-refractivity contribution in [3.63, 3.8) is 0 Å². The van der Waals surface area contributed by atoms with Crippen LogP contribution < -0.4 is 0 Å². The van der Waals surface area contributed by atoms with Gasteiger partial charge in [0.15, 0.2) is 0 Å². The molecule has 0 radical (unpaired) electrons. The molecule has 3 aromatic rings. The zero-order valence-electron chi connectivity index (χ0n) is 11.1. The van der Waals surface area contributed by atoms with Crippen LogP contribution in [0.4, 0.5) is 0 Å². The molecule has 0 N–H and O–H groups in total. The Kier molecular flexibility index (Phi) is 4.30. The normalized spacial score (nSPS) is 11.1. The van der Waals surface area contributed by atoms with Gasteiger partial charge in [-0.1, -0.05) is 30.3 Å². The summed E-state index contributed by atoms with van der Waals surface area (Å²) >= 11 is 3.42. The van der Waals surface area contributed by atoms with Crippen LogP contribution in [0.25, 0.3) is 20.7 Å². The fraction of sp³-hybridized carbons (Fsp3) is 0.200. The SMILES string of the molecule is COCCSc1ncnc2sc(-c3ccccc3)cc12. The minimum atomic E-state index is 0.728. The van der Waals surface area contributed by atoms with Crippen molar-refractivity contribution in [3.8, 4) is 10.4 Å². The third-order valence-corrected chi connectivity index (χ3v) is 4.94. The first-order valence-electron chi connectivity index (χ1n) is 6.30. The summed E-state index contributed by atoms with van der Waals surface area (Å²) < 4.78 is 5.09. The first kappa shape index (κ1) is 13.5. The van der Waals surface area contributed by atoms with Gasteiger partial charge >= 0.3 is 0 Å². The molecule has 0 spiro atoms. The lowest BCUT2D eigenvalue weighted by Gasteiger charge is -2.00. The van der Waals surface area contributed by atoms with Crippen LogP contribution in [0.1, 0.15) is 0 Å². The monoisotopic (exact) mass is 302 g/mol. The van der Waals surface area contributed by atoms with Crippen LogP contribution in [0, 0.1) is 0 Å². The summed E-state index contributed by atoms with van der Waals surface area (Å²) in [5, 5.41) is 2.17. The number of hydrogen-bond acceptors (Lipinski definition) is 5. The number of ether oxygens (including phenoxy) is 1. The summed E-state index contributed by atoms with van der Waals surface area (Å²) in [6, 6.07) is 12.6. The lowest BCUT2D eigenvalue weighted by atomic mass is 10.2. The molecule has 0 aliphatic carbocycles. The first-order valence-corrected chi connectivity index (χ1v) is 8.10. The molecule has 102 valence electrons. The largest absolute Gasteiger partial charge is 0.384 e. The van der Waals surface area contributed by atoms with Crippen LogP contribution in [0.5, 0.6) is 0 Å². The molecule has 0 amide bonds. The second-order valence-electron chi connectivity index (χ2n) is 4.22. The average molecular weight is 302 g/mol. The molecule has 5 heteroatoms. The van der Waals surface area contributed by atoms with Crippen LogP contribution in [0.2, 0.25) is 0 Å². The number of thiophene rings is 1. The van der Waals surface area contributed by atoms with Crippen LogP contribution >= 0.6 is 23.1 Å². The first-order chi connectivity index (χ1) is 9.88. The number of thioether (sulfide) groups is 1. The fourth-order valence-corrected chi connectivity index (χ4v) is 3.86. The Hall–Kier alpha value is -1.43. The minimum absolute atomic E-state index is 0.728. The summed E-state index contributed by atoms with van der Waals surface area (Å²) in [6.45, 7) is 0.728. The van der Waals surface area contributed by atoms with E-state index in [1.165, 1.54) is 10.4 Å². The topological polar surface area (TPSA) is 35.0 Å². The quantitative estimate of drug-likeness (QED) is 0.404. The van der Waals surface area contributed by atoms with E-state index in [1.807, 2.05) is 6.07 Å². The van der Waals surface area contributed by atoms with Gasteiger partial charge in [0.2, 0.25) is 0 Å². The molecule has 0 saturated heterocycles. The highest BCUT2D eigenvalue weighted by molar-refractivity contribution is 7.99. The molecule has 0 aliphatic heterocycles. The van der Waals surface area contributed by atoms with Gasteiger partial charge in [-0.15, -0.1) is 23.1 Å². The summed E-state index contributed by atoms with van der Waals surface area (Å²) in [6.07, 6.45) is 1.64. The van der Waals surface area contributed by atoms with Crippen molar-refractivity contribution in [1.82, 2.24) is 9.97 Å². The van der Waals surface area contributed by atoms with E-state index in [0.29, 0.717) is 0 Å². The van der Waals surface area contributed by atoms with E-state index >= 15 is 0 Å². The smallest absolute Gasteiger partial charge is 0.128 e. The molecule has 0 bridgehead atoms. The molecule has 0 fully saturated rings. The van der Waals surface area contributed by atoms with E-state index in [2.05, 4.69) is 40.3 Å². The van der Waals surface area contributed by atoms with E-state index in [4.69, 9.17) is 4.74 Å². The zero-order valence-corrected chi connectivity index (χ0v) is 12.7. The highest BCUT2D eigenvalue weighted by Crippen LogP contribution is 2.35.